The number of nitrogens with one attached hydrogen (secondary N) is 2. The lowest BCUT2D eigenvalue weighted by atomic mass is 9.88. The summed E-state index contributed by atoms with van der Waals surface area (Å²) in [4.78, 5) is 12.5. The molecule has 7 heteroatoms. The second kappa shape index (κ2) is 8.56. The Hall–Kier alpha value is -2.05. The number of hydrogen-bond acceptors (Lipinski definition) is 3. The summed E-state index contributed by atoms with van der Waals surface area (Å²) in [5, 5.41) is 3.16. The fourth-order valence-electron chi connectivity index (χ4n) is 2.69. The fraction of sp³-hybridized carbons (Fsp3) is 0.316. The van der Waals surface area contributed by atoms with Crippen LogP contribution in [-0.4, -0.2) is 27.1 Å². The van der Waals surface area contributed by atoms with Crippen LogP contribution in [0.3, 0.4) is 0 Å². The lowest BCUT2D eigenvalue weighted by Gasteiger charge is -2.22. The lowest BCUT2D eigenvalue weighted by Crippen LogP contribution is -2.30. The minimum Gasteiger partial charge on any atom is -0.351 e. The van der Waals surface area contributed by atoms with Gasteiger partial charge in [0.05, 0.1) is 17.0 Å². The van der Waals surface area contributed by atoms with Crippen molar-refractivity contribution in [2.45, 2.75) is 19.8 Å². The average molecular weight is 395 g/mol. The van der Waals surface area contributed by atoms with E-state index in [-0.39, 0.29) is 22.5 Å². The smallest absolute Gasteiger partial charge is 0.251 e. The minimum absolute atomic E-state index is 0.182. The van der Waals surface area contributed by atoms with E-state index in [1.807, 2.05) is 30.3 Å². The standard InChI is InChI=1S/C19H23ClN2O3S/c1-13(2)16(14-7-5-4-6-8-14)12-21-19(23)15-9-10-17(20)18(11-15)22-26(3,24)25/h4-11,13,16,22H,12H2,1-3H3,(H,21,23)/t16-/m0/s1. The van der Waals surface area contributed by atoms with Gasteiger partial charge >= 0.3 is 0 Å². The molecule has 0 heterocycles. The van der Waals surface area contributed by atoms with Crippen LogP contribution in [0.5, 0.6) is 0 Å². The molecule has 0 aromatic heterocycles. The van der Waals surface area contributed by atoms with Gasteiger partial charge in [-0.15, -0.1) is 0 Å². The van der Waals surface area contributed by atoms with Gasteiger partial charge in [0.1, 0.15) is 0 Å². The van der Waals surface area contributed by atoms with E-state index in [9.17, 15) is 13.2 Å². The second-order valence-corrected chi connectivity index (χ2v) is 8.70. The first-order chi connectivity index (χ1) is 12.2. The van der Waals surface area contributed by atoms with Gasteiger partial charge < -0.3 is 5.32 Å². The van der Waals surface area contributed by atoms with E-state index in [4.69, 9.17) is 11.6 Å². The molecule has 2 N–H and O–H groups in total. The normalized spacial score (nSPS) is 12.7. The highest BCUT2D eigenvalue weighted by atomic mass is 35.5. The van der Waals surface area contributed by atoms with E-state index >= 15 is 0 Å². The van der Waals surface area contributed by atoms with Gasteiger partial charge in [-0.25, -0.2) is 8.42 Å². The number of carbonyl (C=O) groups excluding carboxylic acids is 1. The molecule has 0 aliphatic carbocycles. The Morgan fingerprint density at radius 2 is 1.77 bits per heavy atom. The molecule has 0 fully saturated rings. The van der Waals surface area contributed by atoms with Crippen molar-refractivity contribution in [3.05, 3.63) is 64.7 Å². The second-order valence-electron chi connectivity index (χ2n) is 6.54. The molecule has 140 valence electrons. The first kappa shape index (κ1) is 20.3. The molecule has 1 atom stereocenters. The van der Waals surface area contributed by atoms with E-state index in [0.717, 1.165) is 6.26 Å². The number of amides is 1. The molecule has 0 saturated heterocycles. The molecule has 0 saturated carbocycles. The number of rotatable bonds is 7. The highest BCUT2D eigenvalue weighted by Gasteiger charge is 2.18. The van der Waals surface area contributed by atoms with E-state index in [1.165, 1.54) is 17.7 Å². The van der Waals surface area contributed by atoms with Crippen molar-refractivity contribution in [1.82, 2.24) is 5.32 Å². The maximum absolute atomic E-state index is 12.5. The Balaban J connectivity index is 2.13. The Morgan fingerprint density at radius 3 is 2.35 bits per heavy atom. The van der Waals surface area contributed by atoms with Gasteiger partial charge in [0.2, 0.25) is 10.0 Å². The summed E-state index contributed by atoms with van der Waals surface area (Å²) in [5.41, 5.74) is 1.69. The van der Waals surface area contributed by atoms with Crippen molar-refractivity contribution >= 4 is 33.2 Å². The topological polar surface area (TPSA) is 75.3 Å². The molecule has 26 heavy (non-hydrogen) atoms. The maximum Gasteiger partial charge on any atom is 0.251 e. The zero-order valence-electron chi connectivity index (χ0n) is 15.0. The van der Waals surface area contributed by atoms with Gasteiger partial charge in [-0.2, -0.15) is 0 Å². The number of anilines is 1. The Labute approximate surface area is 159 Å². The van der Waals surface area contributed by atoms with Crippen LogP contribution in [0, 0.1) is 5.92 Å². The van der Waals surface area contributed by atoms with Gasteiger partial charge in [0.25, 0.3) is 5.91 Å². The Morgan fingerprint density at radius 1 is 1.12 bits per heavy atom. The van der Waals surface area contributed by atoms with Gasteiger partial charge in [0.15, 0.2) is 0 Å². The van der Waals surface area contributed by atoms with E-state index in [1.54, 1.807) is 6.07 Å². The number of benzene rings is 2. The van der Waals surface area contributed by atoms with Crippen molar-refractivity contribution in [2.75, 3.05) is 17.5 Å². The third-order valence-corrected chi connectivity index (χ3v) is 4.96. The summed E-state index contributed by atoms with van der Waals surface area (Å²) in [7, 11) is -3.48. The molecule has 0 bridgehead atoms. The highest BCUT2D eigenvalue weighted by molar-refractivity contribution is 7.92. The third-order valence-electron chi connectivity index (χ3n) is 4.04. The molecule has 2 aromatic rings. The summed E-state index contributed by atoms with van der Waals surface area (Å²) in [5.74, 6) is 0.256. The summed E-state index contributed by atoms with van der Waals surface area (Å²) < 4.78 is 25.1. The predicted molar refractivity (Wildman–Crippen MR) is 106 cm³/mol. The minimum atomic E-state index is -3.48. The van der Waals surface area contributed by atoms with Crippen LogP contribution >= 0.6 is 11.6 Å². The van der Waals surface area contributed by atoms with Crippen LogP contribution in [0.2, 0.25) is 5.02 Å². The van der Waals surface area contributed by atoms with Gasteiger partial charge in [-0.3, -0.25) is 9.52 Å². The average Bonchev–Trinajstić information content (AvgIpc) is 2.56. The lowest BCUT2D eigenvalue weighted by molar-refractivity contribution is 0.0949. The van der Waals surface area contributed by atoms with Crippen molar-refractivity contribution in [2.24, 2.45) is 5.92 Å². The van der Waals surface area contributed by atoms with Crippen LogP contribution in [-0.2, 0) is 10.0 Å². The van der Waals surface area contributed by atoms with Crippen LogP contribution in [0.15, 0.2) is 48.5 Å². The van der Waals surface area contributed by atoms with Gasteiger partial charge in [0, 0.05) is 18.0 Å². The molecule has 0 aliphatic rings. The van der Waals surface area contributed by atoms with Gasteiger partial charge in [-0.1, -0.05) is 55.8 Å². The predicted octanol–water partition coefficient (Wildman–Crippen LogP) is 3.88. The molecule has 0 aliphatic heterocycles. The van der Waals surface area contributed by atoms with Crippen molar-refractivity contribution in [3.63, 3.8) is 0 Å². The largest absolute Gasteiger partial charge is 0.351 e. The number of sulfonamides is 1. The van der Waals surface area contributed by atoms with Gasteiger partial charge in [-0.05, 0) is 29.7 Å². The third kappa shape index (κ3) is 5.75. The van der Waals surface area contributed by atoms with Crippen molar-refractivity contribution in [1.29, 1.82) is 0 Å². The summed E-state index contributed by atoms with van der Waals surface area (Å²) in [6.45, 7) is 4.71. The quantitative estimate of drug-likeness (QED) is 0.748. The number of halogens is 1. The molecule has 0 radical (unpaired) electrons. The zero-order chi connectivity index (χ0) is 19.3. The van der Waals surface area contributed by atoms with E-state index < -0.39 is 10.0 Å². The number of hydrogen-bond donors (Lipinski definition) is 2. The van der Waals surface area contributed by atoms with E-state index in [0.29, 0.717) is 18.0 Å². The molecule has 2 aromatic carbocycles. The zero-order valence-corrected chi connectivity index (χ0v) is 16.6. The molecular weight excluding hydrogens is 372 g/mol. The Bertz CT molecular complexity index is 868. The van der Waals surface area contributed by atoms with Crippen LogP contribution in [0.1, 0.15) is 35.7 Å². The Kier molecular flexibility index (Phi) is 6.67. The summed E-state index contributed by atoms with van der Waals surface area (Å²) >= 11 is 6.00. The van der Waals surface area contributed by atoms with Crippen molar-refractivity contribution in [3.8, 4) is 0 Å². The molecule has 5 nitrogen and oxygen atoms in total. The number of carbonyl (C=O) groups is 1. The maximum atomic E-state index is 12.5. The molecule has 1 amide bonds. The first-order valence-corrected chi connectivity index (χ1v) is 10.5. The molecular formula is C19H23ClN2O3S. The summed E-state index contributed by atoms with van der Waals surface area (Å²) in [6.07, 6.45) is 1.03. The summed E-state index contributed by atoms with van der Waals surface area (Å²) in [6, 6.07) is 14.5. The van der Waals surface area contributed by atoms with Crippen LogP contribution < -0.4 is 10.0 Å². The SMILES string of the molecule is CC(C)[C@H](CNC(=O)c1ccc(Cl)c(NS(C)(=O)=O)c1)c1ccccc1. The van der Waals surface area contributed by atoms with Crippen LogP contribution in [0.25, 0.3) is 0 Å². The first-order valence-electron chi connectivity index (χ1n) is 8.28. The van der Waals surface area contributed by atoms with Crippen molar-refractivity contribution < 1.29 is 13.2 Å². The molecule has 0 spiro atoms. The molecule has 2 rings (SSSR count). The molecule has 0 unspecified atom stereocenters. The monoisotopic (exact) mass is 394 g/mol. The highest BCUT2D eigenvalue weighted by Crippen LogP contribution is 2.25. The fourth-order valence-corrected chi connectivity index (χ4v) is 3.48. The van der Waals surface area contributed by atoms with Crippen LogP contribution in [0.4, 0.5) is 5.69 Å². The van der Waals surface area contributed by atoms with E-state index in [2.05, 4.69) is 23.9 Å².